The predicted octanol–water partition coefficient (Wildman–Crippen LogP) is 2.63. The van der Waals surface area contributed by atoms with Crippen LogP contribution in [-0.2, 0) is 6.54 Å². The summed E-state index contributed by atoms with van der Waals surface area (Å²) in [7, 11) is 0. The van der Waals surface area contributed by atoms with Crippen LogP contribution in [0.1, 0.15) is 30.9 Å². The van der Waals surface area contributed by atoms with E-state index in [1.807, 2.05) is 24.6 Å². The second-order valence-electron chi connectivity index (χ2n) is 5.34. The van der Waals surface area contributed by atoms with E-state index in [1.54, 1.807) is 6.20 Å². The van der Waals surface area contributed by atoms with Crippen molar-refractivity contribution >= 4 is 0 Å². The molecule has 0 unspecified atom stereocenters. The number of nitrogens with zero attached hydrogens (tertiary/aromatic N) is 3. The quantitative estimate of drug-likeness (QED) is 0.896. The van der Waals surface area contributed by atoms with Crippen molar-refractivity contribution in [3.05, 3.63) is 41.6 Å². The lowest BCUT2D eigenvalue weighted by molar-refractivity contribution is 0.552. The summed E-state index contributed by atoms with van der Waals surface area (Å²) in [5.74, 6) is 2.56. The minimum absolute atomic E-state index is 0.665. The Morgan fingerprint density at radius 3 is 2.68 bits per heavy atom. The van der Waals surface area contributed by atoms with E-state index in [-0.39, 0.29) is 0 Å². The van der Waals surface area contributed by atoms with Gasteiger partial charge in [-0.25, -0.2) is 9.97 Å². The number of imidazole rings is 1. The predicted molar refractivity (Wildman–Crippen MR) is 77.4 cm³/mol. The molecule has 0 aliphatic carbocycles. The molecular formula is C15H22N4. The standard InChI is InChI=1S/C15H22N4/c1-11(2)9-16-10-14-7-12(3)18-15(8-14)19-6-5-17-13(19)4/h5-8,11,16H,9-10H2,1-4H3. The van der Waals surface area contributed by atoms with Gasteiger partial charge in [0.15, 0.2) is 0 Å². The zero-order valence-electron chi connectivity index (χ0n) is 12.1. The van der Waals surface area contributed by atoms with E-state index in [4.69, 9.17) is 0 Å². The van der Waals surface area contributed by atoms with Gasteiger partial charge in [-0.3, -0.25) is 4.57 Å². The Labute approximate surface area is 114 Å². The van der Waals surface area contributed by atoms with Gasteiger partial charge >= 0.3 is 0 Å². The molecular weight excluding hydrogens is 236 g/mol. The summed E-state index contributed by atoms with van der Waals surface area (Å²) >= 11 is 0. The summed E-state index contributed by atoms with van der Waals surface area (Å²) in [5.41, 5.74) is 2.29. The highest BCUT2D eigenvalue weighted by Crippen LogP contribution is 2.12. The molecule has 2 heterocycles. The zero-order chi connectivity index (χ0) is 13.8. The van der Waals surface area contributed by atoms with Crippen LogP contribution in [0.4, 0.5) is 0 Å². The number of rotatable bonds is 5. The monoisotopic (exact) mass is 258 g/mol. The summed E-state index contributed by atoms with van der Waals surface area (Å²) in [5, 5.41) is 3.46. The number of hydrogen-bond donors (Lipinski definition) is 1. The lowest BCUT2D eigenvalue weighted by Crippen LogP contribution is -2.19. The fraction of sp³-hybridized carbons (Fsp3) is 0.467. The van der Waals surface area contributed by atoms with Crippen LogP contribution in [0.25, 0.3) is 5.82 Å². The molecule has 0 bridgehead atoms. The van der Waals surface area contributed by atoms with Crippen LogP contribution in [0.15, 0.2) is 24.5 Å². The molecule has 0 aromatic carbocycles. The van der Waals surface area contributed by atoms with Gasteiger partial charge in [0, 0.05) is 24.6 Å². The summed E-state index contributed by atoms with van der Waals surface area (Å²) in [6.07, 6.45) is 3.75. The number of nitrogens with one attached hydrogen (secondary N) is 1. The first-order valence-electron chi connectivity index (χ1n) is 6.75. The smallest absolute Gasteiger partial charge is 0.138 e. The van der Waals surface area contributed by atoms with Crippen LogP contribution < -0.4 is 5.32 Å². The Morgan fingerprint density at radius 1 is 1.26 bits per heavy atom. The number of pyridine rings is 1. The van der Waals surface area contributed by atoms with Crippen LogP contribution in [0, 0.1) is 19.8 Å². The van der Waals surface area contributed by atoms with Crippen molar-refractivity contribution in [2.75, 3.05) is 6.54 Å². The maximum Gasteiger partial charge on any atom is 0.138 e. The molecule has 0 saturated carbocycles. The Balaban J connectivity index is 2.18. The minimum atomic E-state index is 0.665. The van der Waals surface area contributed by atoms with E-state index in [1.165, 1.54) is 5.56 Å². The minimum Gasteiger partial charge on any atom is -0.312 e. The summed E-state index contributed by atoms with van der Waals surface area (Å²) < 4.78 is 2.01. The molecule has 0 atom stereocenters. The molecule has 4 nitrogen and oxygen atoms in total. The Bertz CT molecular complexity index is 543. The van der Waals surface area contributed by atoms with Crippen molar-refractivity contribution in [2.45, 2.75) is 34.2 Å². The highest BCUT2D eigenvalue weighted by molar-refractivity contribution is 5.32. The molecule has 1 N–H and O–H groups in total. The van der Waals surface area contributed by atoms with Crippen LogP contribution >= 0.6 is 0 Å². The van der Waals surface area contributed by atoms with Gasteiger partial charge in [0.1, 0.15) is 11.6 Å². The SMILES string of the molecule is Cc1cc(CNCC(C)C)cc(-n2ccnc2C)n1. The summed E-state index contributed by atoms with van der Waals surface area (Å²) in [6.45, 7) is 10.3. The molecule has 0 amide bonds. The van der Waals surface area contributed by atoms with E-state index in [0.29, 0.717) is 5.92 Å². The topological polar surface area (TPSA) is 42.7 Å². The third-order valence-corrected chi connectivity index (χ3v) is 2.95. The van der Waals surface area contributed by atoms with Gasteiger partial charge in [-0.05, 0) is 44.0 Å². The van der Waals surface area contributed by atoms with Gasteiger partial charge in [0.2, 0.25) is 0 Å². The molecule has 0 fully saturated rings. The van der Waals surface area contributed by atoms with Gasteiger partial charge < -0.3 is 5.32 Å². The zero-order valence-corrected chi connectivity index (χ0v) is 12.1. The van der Waals surface area contributed by atoms with Gasteiger partial charge in [-0.1, -0.05) is 13.8 Å². The van der Waals surface area contributed by atoms with Crippen molar-refractivity contribution in [2.24, 2.45) is 5.92 Å². The Hall–Kier alpha value is -1.68. The molecule has 0 aliphatic rings. The average Bonchev–Trinajstić information content (AvgIpc) is 2.74. The third-order valence-electron chi connectivity index (χ3n) is 2.95. The van der Waals surface area contributed by atoms with E-state index in [0.717, 1.165) is 30.4 Å². The van der Waals surface area contributed by atoms with Crippen LogP contribution in [-0.4, -0.2) is 21.1 Å². The fourth-order valence-electron chi connectivity index (χ4n) is 2.07. The second kappa shape index (κ2) is 5.97. The first kappa shape index (κ1) is 13.7. The molecule has 0 saturated heterocycles. The average molecular weight is 258 g/mol. The molecule has 2 aromatic heterocycles. The summed E-state index contributed by atoms with van der Waals surface area (Å²) in [6, 6.07) is 4.25. The van der Waals surface area contributed by atoms with Crippen molar-refractivity contribution in [1.82, 2.24) is 19.9 Å². The van der Waals surface area contributed by atoms with Crippen molar-refractivity contribution in [3.8, 4) is 5.82 Å². The van der Waals surface area contributed by atoms with E-state index >= 15 is 0 Å². The first-order valence-corrected chi connectivity index (χ1v) is 6.75. The van der Waals surface area contributed by atoms with Crippen molar-refractivity contribution < 1.29 is 0 Å². The van der Waals surface area contributed by atoms with Gasteiger partial charge in [0.25, 0.3) is 0 Å². The molecule has 4 heteroatoms. The number of aryl methyl sites for hydroxylation is 2. The Kier molecular flexibility index (Phi) is 4.32. The van der Waals surface area contributed by atoms with Crippen molar-refractivity contribution in [1.29, 1.82) is 0 Å². The van der Waals surface area contributed by atoms with E-state index < -0.39 is 0 Å². The first-order chi connectivity index (χ1) is 9.06. The molecule has 0 aliphatic heterocycles. The van der Waals surface area contributed by atoms with Gasteiger partial charge in [-0.15, -0.1) is 0 Å². The second-order valence-corrected chi connectivity index (χ2v) is 5.34. The van der Waals surface area contributed by atoms with Crippen LogP contribution in [0.5, 0.6) is 0 Å². The third kappa shape index (κ3) is 3.64. The molecule has 2 rings (SSSR count). The highest BCUT2D eigenvalue weighted by Gasteiger charge is 2.05. The normalized spacial score (nSPS) is 11.2. The van der Waals surface area contributed by atoms with E-state index in [2.05, 4.69) is 41.3 Å². The lowest BCUT2D eigenvalue weighted by atomic mass is 10.2. The fourth-order valence-corrected chi connectivity index (χ4v) is 2.07. The molecule has 0 radical (unpaired) electrons. The van der Waals surface area contributed by atoms with Gasteiger partial charge in [0.05, 0.1) is 0 Å². The highest BCUT2D eigenvalue weighted by atomic mass is 15.1. The molecule has 0 spiro atoms. The maximum atomic E-state index is 4.58. The Morgan fingerprint density at radius 2 is 2.05 bits per heavy atom. The number of aromatic nitrogens is 3. The van der Waals surface area contributed by atoms with Gasteiger partial charge in [-0.2, -0.15) is 0 Å². The van der Waals surface area contributed by atoms with Crippen molar-refractivity contribution in [3.63, 3.8) is 0 Å². The molecule has 102 valence electrons. The van der Waals surface area contributed by atoms with Crippen LogP contribution in [0.2, 0.25) is 0 Å². The maximum absolute atomic E-state index is 4.58. The largest absolute Gasteiger partial charge is 0.312 e. The van der Waals surface area contributed by atoms with Crippen LogP contribution in [0.3, 0.4) is 0 Å². The van der Waals surface area contributed by atoms with E-state index in [9.17, 15) is 0 Å². The lowest BCUT2D eigenvalue weighted by Gasteiger charge is -2.11. The molecule has 2 aromatic rings. The summed E-state index contributed by atoms with van der Waals surface area (Å²) in [4.78, 5) is 8.82. The number of hydrogen-bond acceptors (Lipinski definition) is 3. The molecule has 19 heavy (non-hydrogen) atoms.